The summed E-state index contributed by atoms with van der Waals surface area (Å²) in [5, 5.41) is 14.1. The molecule has 0 spiro atoms. The number of aromatic nitrogens is 10. The van der Waals surface area contributed by atoms with E-state index >= 15 is 0 Å². The summed E-state index contributed by atoms with van der Waals surface area (Å²) in [7, 11) is 0. The summed E-state index contributed by atoms with van der Waals surface area (Å²) in [6.07, 6.45) is 4.00. The molecule has 10 nitrogen and oxygen atoms in total. The van der Waals surface area contributed by atoms with Crippen LogP contribution in [0.15, 0.2) is 364 Å². The van der Waals surface area contributed by atoms with Gasteiger partial charge in [-0.2, -0.15) is 0 Å². The third kappa shape index (κ3) is 8.89. The molecule has 0 saturated carbocycles. The van der Waals surface area contributed by atoms with Crippen LogP contribution in [0.4, 0.5) is 0 Å². The van der Waals surface area contributed by atoms with Crippen molar-refractivity contribution in [3.05, 3.63) is 364 Å². The van der Waals surface area contributed by atoms with Crippen LogP contribution in [0.3, 0.4) is 0 Å². The Morgan fingerprint density at radius 2 is 0.435 bits per heavy atom. The normalized spacial score (nSPS) is 12.1. The van der Waals surface area contributed by atoms with Crippen LogP contribution in [-0.2, 0) is 0 Å². The van der Waals surface area contributed by atoms with Crippen molar-refractivity contribution in [1.29, 1.82) is 0 Å². The Hall–Kier alpha value is -14.7. The van der Waals surface area contributed by atoms with Gasteiger partial charge in [0.15, 0.2) is 17.5 Å². The van der Waals surface area contributed by atoms with E-state index in [-0.39, 0.29) is 0 Å². The van der Waals surface area contributed by atoms with E-state index in [1.807, 2.05) is 42.6 Å². The Labute approximate surface area is 618 Å². The van der Waals surface area contributed by atoms with Gasteiger partial charge in [-0.25, -0.2) is 15.0 Å². The molecule has 0 amide bonds. The maximum atomic E-state index is 5.42. The molecule has 0 radical (unpaired) electrons. The van der Waals surface area contributed by atoms with Crippen molar-refractivity contribution in [3.63, 3.8) is 0 Å². The van der Waals surface area contributed by atoms with Crippen LogP contribution in [-0.4, -0.2) is 47.3 Å². The molecule has 8 heterocycles. The van der Waals surface area contributed by atoms with E-state index in [1.54, 1.807) is 0 Å². The molecule has 0 aliphatic carbocycles. The lowest BCUT2D eigenvalue weighted by molar-refractivity contribution is 1.07. The van der Waals surface area contributed by atoms with Crippen LogP contribution >= 0.6 is 0 Å². The molecule has 0 fully saturated rings. The molecule has 23 rings (SSSR count). The topological polar surface area (TPSA) is 81.1 Å². The highest BCUT2D eigenvalue weighted by Crippen LogP contribution is 2.47. The van der Waals surface area contributed by atoms with Crippen molar-refractivity contribution in [2.45, 2.75) is 0 Å². The van der Waals surface area contributed by atoms with Crippen LogP contribution in [0.5, 0.6) is 0 Å². The Kier molecular flexibility index (Phi) is 12.9. The Morgan fingerprint density at radius 1 is 0.176 bits per heavy atom. The quantitative estimate of drug-likeness (QED) is 0.137. The Balaban J connectivity index is 0.812. The largest absolute Gasteiger partial charge is 0.309 e. The minimum absolute atomic E-state index is 0.550. The molecule has 0 bridgehead atoms. The van der Waals surface area contributed by atoms with Crippen molar-refractivity contribution in [2.24, 2.45) is 0 Å². The molecule has 0 N–H and O–H groups in total. The van der Waals surface area contributed by atoms with Crippen LogP contribution < -0.4 is 0 Å². The minimum Gasteiger partial charge on any atom is -0.309 e. The van der Waals surface area contributed by atoms with Gasteiger partial charge in [-0.05, 0) is 133 Å². The van der Waals surface area contributed by atoms with Gasteiger partial charge in [0.1, 0.15) is 0 Å². The third-order valence-electron chi connectivity index (χ3n) is 22.3. The highest BCUT2D eigenvalue weighted by Gasteiger charge is 2.27. The van der Waals surface area contributed by atoms with Crippen molar-refractivity contribution < 1.29 is 0 Å². The summed E-state index contributed by atoms with van der Waals surface area (Å²) >= 11 is 0. The van der Waals surface area contributed by atoms with Gasteiger partial charge >= 0.3 is 0 Å². The molecule has 10 heteroatoms. The number of nitrogens with zero attached hydrogens (tertiary/aromatic N) is 10. The molecule has 23 aromatic rings. The molecular weight excluding hydrogens is 1320 g/mol. The standard InChI is InChI=1S/C98H60N10/c1-3-23-61(24-4-1)96-100-97(62-25-5-2-6-26-62)102-98(101-96)63-43-48-76(94(55-63)107-90-49-44-64(103-82-35-15-7-27-68(82)69-28-8-16-36-83(69)103)56-78(90)79-57-65(45-50-91(79)107)104-84-37-17-9-29-70(84)71-30-10-18-38-85(71)104)77-53-54-99-60-95(77)108-92-51-46-66(105-86-39-19-11-31-72(86)73-32-12-20-40-87(73)105)58-80(92)81-59-67(47-52-93(81)108)106-88-41-21-13-33-74(88)75-34-14-22-42-89(75)106/h1-60H. The number of benzene rings is 15. The monoisotopic (exact) mass is 1380 g/mol. The second-order valence-corrected chi connectivity index (χ2v) is 28.1. The SMILES string of the molecule is c1ccc(-c2nc(-c3ccccc3)nc(-c3ccc(-c4ccncc4-n4c5ccc(-n6c7ccccc7c7ccccc76)cc5c5cc(-n6c7ccccc7c7ccccc76)ccc54)c(-n4c5ccc(-n6c7ccccc7c7ccccc76)cc5c5cc(-n6c7ccccc7c7ccccc76)ccc54)c3)n2)cc1. The fourth-order valence-corrected chi connectivity index (χ4v) is 17.7. The first-order valence-electron chi connectivity index (χ1n) is 36.7. The predicted molar refractivity (Wildman–Crippen MR) is 445 cm³/mol. The highest BCUT2D eigenvalue weighted by atomic mass is 15.1. The molecule has 0 unspecified atom stereocenters. The van der Waals surface area contributed by atoms with Gasteiger partial charge in [-0.15, -0.1) is 0 Å². The number of rotatable bonds is 10. The summed E-state index contributed by atoms with van der Waals surface area (Å²) in [5.74, 6) is 1.72. The van der Waals surface area contributed by atoms with Crippen molar-refractivity contribution in [2.75, 3.05) is 0 Å². The lowest BCUT2D eigenvalue weighted by Gasteiger charge is -2.19. The molecular formula is C98H60N10. The smallest absolute Gasteiger partial charge is 0.164 e. The van der Waals surface area contributed by atoms with Crippen molar-refractivity contribution >= 4 is 131 Å². The van der Waals surface area contributed by atoms with Crippen molar-refractivity contribution in [3.8, 4) is 79.4 Å². The van der Waals surface area contributed by atoms with Crippen molar-refractivity contribution in [1.82, 2.24) is 47.3 Å². The molecule has 15 aromatic carbocycles. The van der Waals surface area contributed by atoms with E-state index < -0.39 is 0 Å². The molecule has 0 atom stereocenters. The molecule has 0 aliphatic heterocycles. The second kappa shape index (κ2) is 23.4. The minimum atomic E-state index is 0.550. The highest BCUT2D eigenvalue weighted by molar-refractivity contribution is 6.17. The van der Waals surface area contributed by atoms with E-state index in [9.17, 15) is 0 Å². The summed E-state index contributed by atoms with van der Waals surface area (Å²) in [5.41, 5.74) is 24.0. The maximum Gasteiger partial charge on any atom is 0.164 e. The Morgan fingerprint density at radius 3 is 0.750 bits per heavy atom. The molecule has 0 saturated heterocycles. The average Bonchev–Trinajstić information content (AvgIpc) is 1.58. The first-order chi connectivity index (χ1) is 53.6. The number of para-hydroxylation sites is 8. The summed E-state index contributed by atoms with van der Waals surface area (Å²) in [4.78, 5) is 21.1. The predicted octanol–water partition coefficient (Wildman–Crippen LogP) is 24.5. The summed E-state index contributed by atoms with van der Waals surface area (Å²) in [6.45, 7) is 0. The number of hydrogen-bond donors (Lipinski definition) is 0. The van der Waals surface area contributed by atoms with Crippen LogP contribution in [0.25, 0.3) is 210 Å². The first kappa shape index (κ1) is 59.8. The summed E-state index contributed by atoms with van der Waals surface area (Å²) in [6, 6.07) is 128. The molecule has 502 valence electrons. The molecule has 8 aromatic heterocycles. The van der Waals surface area contributed by atoms with E-state index in [0.717, 1.165) is 150 Å². The van der Waals surface area contributed by atoms with Crippen LogP contribution in [0.1, 0.15) is 0 Å². The molecule has 108 heavy (non-hydrogen) atoms. The zero-order chi connectivity index (χ0) is 70.7. The fraction of sp³-hybridized carbons (Fsp3) is 0. The van der Waals surface area contributed by atoms with Gasteiger partial charge in [0.25, 0.3) is 0 Å². The molecule has 0 aliphatic rings. The van der Waals surface area contributed by atoms with E-state index in [2.05, 4.69) is 349 Å². The zero-order valence-corrected chi connectivity index (χ0v) is 58.1. The average molecular weight is 1380 g/mol. The lowest BCUT2D eigenvalue weighted by atomic mass is 9.99. The first-order valence-corrected chi connectivity index (χ1v) is 36.7. The van der Waals surface area contributed by atoms with Gasteiger partial charge in [0.2, 0.25) is 0 Å². The van der Waals surface area contributed by atoms with Gasteiger partial charge in [0, 0.05) is 121 Å². The van der Waals surface area contributed by atoms with Gasteiger partial charge in [-0.3, -0.25) is 4.98 Å². The van der Waals surface area contributed by atoms with Gasteiger partial charge in [-0.1, -0.05) is 218 Å². The third-order valence-corrected chi connectivity index (χ3v) is 22.3. The van der Waals surface area contributed by atoms with Gasteiger partial charge in [0.05, 0.1) is 83.8 Å². The number of fused-ring (bicyclic) bond motifs is 18. The maximum absolute atomic E-state index is 5.42. The second-order valence-electron chi connectivity index (χ2n) is 28.1. The number of pyridine rings is 1. The zero-order valence-electron chi connectivity index (χ0n) is 58.1. The van der Waals surface area contributed by atoms with E-state index in [0.29, 0.717) is 17.5 Å². The Bertz CT molecular complexity index is 7080. The van der Waals surface area contributed by atoms with Gasteiger partial charge < -0.3 is 27.4 Å². The van der Waals surface area contributed by atoms with Crippen LogP contribution in [0, 0.1) is 0 Å². The van der Waals surface area contributed by atoms with E-state index in [1.165, 1.54) is 43.1 Å². The fourth-order valence-electron chi connectivity index (χ4n) is 17.7. The lowest BCUT2D eigenvalue weighted by Crippen LogP contribution is -2.04. The number of hydrogen-bond acceptors (Lipinski definition) is 4. The summed E-state index contributed by atoms with van der Waals surface area (Å²) < 4.78 is 14.6. The van der Waals surface area contributed by atoms with E-state index in [4.69, 9.17) is 19.9 Å². The van der Waals surface area contributed by atoms with Crippen LogP contribution in [0.2, 0.25) is 0 Å².